The molecule has 0 aliphatic heterocycles. The van der Waals surface area contributed by atoms with Crippen molar-refractivity contribution in [1.29, 1.82) is 0 Å². The van der Waals surface area contributed by atoms with Gasteiger partial charge in [0.25, 0.3) is 0 Å². The number of rotatable bonds is 3. The molecule has 0 fully saturated rings. The van der Waals surface area contributed by atoms with E-state index in [0.29, 0.717) is 5.56 Å². The number of hydrogen-bond acceptors (Lipinski definition) is 1. The third kappa shape index (κ3) is 3.49. The molecule has 24 heavy (non-hydrogen) atoms. The predicted octanol–water partition coefficient (Wildman–Crippen LogP) is 5.45. The number of halogens is 3. The Morgan fingerprint density at radius 2 is 1.08 bits per heavy atom. The van der Waals surface area contributed by atoms with Gasteiger partial charge in [0.15, 0.2) is 0 Å². The van der Waals surface area contributed by atoms with Gasteiger partial charge < -0.3 is 5.11 Å². The van der Waals surface area contributed by atoms with Crippen molar-refractivity contribution in [2.45, 2.75) is 12.3 Å². The van der Waals surface area contributed by atoms with Gasteiger partial charge in [0.05, 0.1) is 5.56 Å². The second kappa shape index (κ2) is 6.49. The van der Waals surface area contributed by atoms with Gasteiger partial charge in [-0.25, -0.2) is 0 Å². The Balaban J connectivity index is 1.82. The Bertz CT molecular complexity index is 791. The highest BCUT2D eigenvalue weighted by atomic mass is 19.4. The molecule has 3 aromatic carbocycles. The zero-order chi connectivity index (χ0) is 17.2. The number of benzene rings is 3. The van der Waals surface area contributed by atoms with Gasteiger partial charge in [0, 0.05) is 0 Å². The molecule has 0 aliphatic rings. The number of aliphatic hydroxyl groups is 1. The van der Waals surface area contributed by atoms with Crippen molar-refractivity contribution in [2.24, 2.45) is 0 Å². The summed E-state index contributed by atoms with van der Waals surface area (Å²) < 4.78 is 37.8. The molecule has 0 heterocycles. The normalized spacial score (nSPS) is 12.8. The first-order chi connectivity index (χ1) is 11.4. The molecule has 122 valence electrons. The lowest BCUT2D eigenvalue weighted by Gasteiger charge is -2.12. The van der Waals surface area contributed by atoms with Crippen molar-refractivity contribution in [3.8, 4) is 11.1 Å². The molecule has 1 N–H and O–H groups in total. The van der Waals surface area contributed by atoms with Crippen molar-refractivity contribution < 1.29 is 18.3 Å². The molecule has 4 heteroatoms. The third-order valence-corrected chi connectivity index (χ3v) is 3.89. The maximum atomic E-state index is 12.6. The third-order valence-electron chi connectivity index (χ3n) is 3.89. The zero-order valence-electron chi connectivity index (χ0n) is 12.7. The molecule has 1 nitrogen and oxygen atoms in total. The van der Waals surface area contributed by atoms with Gasteiger partial charge in [-0.3, -0.25) is 0 Å². The van der Waals surface area contributed by atoms with Gasteiger partial charge in [0.2, 0.25) is 0 Å². The second-order valence-electron chi connectivity index (χ2n) is 5.51. The lowest BCUT2D eigenvalue weighted by atomic mass is 9.98. The van der Waals surface area contributed by atoms with Gasteiger partial charge in [-0.05, 0) is 34.4 Å². The van der Waals surface area contributed by atoms with Crippen molar-refractivity contribution >= 4 is 0 Å². The van der Waals surface area contributed by atoms with E-state index in [0.717, 1.165) is 28.8 Å². The van der Waals surface area contributed by atoms with E-state index in [1.54, 1.807) is 24.3 Å². The summed E-state index contributed by atoms with van der Waals surface area (Å²) in [6.07, 6.45) is -5.06. The maximum Gasteiger partial charge on any atom is 0.416 e. The van der Waals surface area contributed by atoms with Crippen LogP contribution in [0.1, 0.15) is 22.8 Å². The molecule has 0 saturated heterocycles. The van der Waals surface area contributed by atoms with E-state index in [1.165, 1.54) is 12.1 Å². The van der Waals surface area contributed by atoms with Gasteiger partial charge >= 0.3 is 6.18 Å². The molecule has 0 aromatic heterocycles. The molecular formula is C20H15F3O. The lowest BCUT2D eigenvalue weighted by Crippen LogP contribution is -2.04. The quantitative estimate of drug-likeness (QED) is 0.677. The highest BCUT2D eigenvalue weighted by Crippen LogP contribution is 2.31. The van der Waals surface area contributed by atoms with Crippen molar-refractivity contribution in [3.63, 3.8) is 0 Å². The van der Waals surface area contributed by atoms with E-state index in [1.807, 2.05) is 30.3 Å². The van der Waals surface area contributed by atoms with E-state index in [-0.39, 0.29) is 0 Å². The van der Waals surface area contributed by atoms with E-state index in [4.69, 9.17) is 0 Å². The number of aliphatic hydroxyl groups excluding tert-OH is 1. The molecule has 0 bridgehead atoms. The van der Waals surface area contributed by atoms with E-state index in [9.17, 15) is 18.3 Å². The summed E-state index contributed by atoms with van der Waals surface area (Å²) in [4.78, 5) is 0. The molecule has 0 radical (unpaired) electrons. The second-order valence-corrected chi connectivity index (χ2v) is 5.51. The molecule has 0 saturated carbocycles. The van der Waals surface area contributed by atoms with Crippen LogP contribution in [0.25, 0.3) is 11.1 Å². The Labute approximate surface area is 138 Å². The largest absolute Gasteiger partial charge is 0.416 e. The van der Waals surface area contributed by atoms with Crippen molar-refractivity contribution in [1.82, 2.24) is 0 Å². The van der Waals surface area contributed by atoms with Gasteiger partial charge in [-0.1, -0.05) is 66.7 Å². The predicted molar refractivity (Wildman–Crippen MR) is 87.4 cm³/mol. The molecule has 0 amide bonds. The molecular weight excluding hydrogens is 313 g/mol. The summed E-state index contributed by atoms with van der Waals surface area (Å²) in [5.74, 6) is 0. The van der Waals surface area contributed by atoms with Crippen LogP contribution < -0.4 is 0 Å². The van der Waals surface area contributed by atoms with Crippen molar-refractivity contribution in [2.75, 3.05) is 0 Å². The molecule has 0 unspecified atom stereocenters. The fourth-order valence-electron chi connectivity index (χ4n) is 2.54. The van der Waals surface area contributed by atoms with Gasteiger partial charge in [-0.2, -0.15) is 13.2 Å². The summed E-state index contributed by atoms with van der Waals surface area (Å²) in [7, 11) is 0. The van der Waals surface area contributed by atoms with Crippen LogP contribution >= 0.6 is 0 Å². The fraction of sp³-hybridized carbons (Fsp3) is 0.100. The SMILES string of the molecule is O[C@@H](c1ccccc1)c1ccc(-c2ccc(C(F)(F)F)cc2)cc1. The summed E-state index contributed by atoms with van der Waals surface area (Å²) in [6, 6.07) is 21.5. The topological polar surface area (TPSA) is 20.2 Å². The Morgan fingerprint density at radius 1 is 0.625 bits per heavy atom. The van der Waals surface area contributed by atoms with Crippen LogP contribution in [0.5, 0.6) is 0 Å². The molecule has 1 atom stereocenters. The van der Waals surface area contributed by atoms with Crippen LogP contribution in [0.4, 0.5) is 13.2 Å². The Hall–Kier alpha value is -2.59. The zero-order valence-corrected chi connectivity index (χ0v) is 12.7. The van der Waals surface area contributed by atoms with Crippen LogP contribution in [0, 0.1) is 0 Å². The Morgan fingerprint density at radius 3 is 1.58 bits per heavy atom. The number of alkyl halides is 3. The minimum absolute atomic E-state index is 0.664. The number of hydrogen-bond donors (Lipinski definition) is 1. The van der Waals surface area contributed by atoms with Gasteiger partial charge in [-0.15, -0.1) is 0 Å². The summed E-state index contributed by atoms with van der Waals surface area (Å²) >= 11 is 0. The van der Waals surface area contributed by atoms with Crippen LogP contribution in [0.3, 0.4) is 0 Å². The van der Waals surface area contributed by atoms with E-state index >= 15 is 0 Å². The highest BCUT2D eigenvalue weighted by Gasteiger charge is 2.29. The fourth-order valence-corrected chi connectivity index (χ4v) is 2.54. The van der Waals surface area contributed by atoms with E-state index < -0.39 is 17.8 Å². The summed E-state index contributed by atoms with van der Waals surface area (Å²) in [5.41, 5.74) is 2.36. The standard InChI is InChI=1S/C20H15F3O/c21-20(22,23)18-12-10-15(11-13-18)14-6-8-17(9-7-14)19(24)16-4-2-1-3-5-16/h1-13,19,24H/t19-/m0/s1. The minimum Gasteiger partial charge on any atom is -0.384 e. The molecule has 3 aromatic rings. The minimum atomic E-state index is -4.33. The highest BCUT2D eigenvalue weighted by molar-refractivity contribution is 5.64. The average molecular weight is 328 g/mol. The van der Waals surface area contributed by atoms with Crippen molar-refractivity contribution in [3.05, 3.63) is 95.6 Å². The van der Waals surface area contributed by atoms with Crippen LogP contribution in [0.2, 0.25) is 0 Å². The first-order valence-electron chi connectivity index (χ1n) is 7.46. The van der Waals surface area contributed by atoms with Crippen LogP contribution in [-0.4, -0.2) is 5.11 Å². The molecule has 3 rings (SSSR count). The first kappa shape index (κ1) is 16.3. The van der Waals surface area contributed by atoms with E-state index in [2.05, 4.69) is 0 Å². The smallest absolute Gasteiger partial charge is 0.384 e. The van der Waals surface area contributed by atoms with Crippen LogP contribution in [0.15, 0.2) is 78.9 Å². The van der Waals surface area contributed by atoms with Gasteiger partial charge in [0.1, 0.15) is 6.10 Å². The lowest BCUT2D eigenvalue weighted by molar-refractivity contribution is -0.137. The maximum absolute atomic E-state index is 12.6. The molecule has 0 spiro atoms. The summed E-state index contributed by atoms with van der Waals surface area (Å²) in [6.45, 7) is 0. The van der Waals surface area contributed by atoms with Crippen LogP contribution in [-0.2, 0) is 6.18 Å². The summed E-state index contributed by atoms with van der Waals surface area (Å²) in [5, 5.41) is 10.4. The monoisotopic (exact) mass is 328 g/mol. The first-order valence-corrected chi connectivity index (χ1v) is 7.46. The molecule has 0 aliphatic carbocycles. The average Bonchev–Trinajstić information content (AvgIpc) is 2.61. The Kier molecular flexibility index (Phi) is 4.40.